The van der Waals surface area contributed by atoms with Gasteiger partial charge in [-0.15, -0.1) is 0 Å². The number of fused-ring (bicyclic) bond motifs is 3. The number of rotatable bonds is 4. The van der Waals surface area contributed by atoms with E-state index in [9.17, 15) is 4.79 Å². The number of hydrogen-bond donors (Lipinski definition) is 1. The van der Waals surface area contributed by atoms with Gasteiger partial charge >= 0.3 is 0 Å². The molecule has 2 bridgehead atoms. The van der Waals surface area contributed by atoms with E-state index in [0.717, 1.165) is 17.2 Å². The Morgan fingerprint density at radius 1 is 1.50 bits per heavy atom. The molecule has 1 amide bonds. The minimum atomic E-state index is 0.0115. The molecule has 0 saturated carbocycles. The van der Waals surface area contributed by atoms with Crippen LogP contribution in [-0.2, 0) is 4.79 Å². The highest BCUT2D eigenvalue weighted by molar-refractivity contribution is 8.02. The number of hydrogen-bond acceptors (Lipinski definition) is 4. The lowest BCUT2D eigenvalue weighted by Gasteiger charge is -2.44. The predicted molar refractivity (Wildman–Crippen MR) is 79.5 cm³/mol. The summed E-state index contributed by atoms with van der Waals surface area (Å²) >= 11 is 1.51. The molecule has 1 N–H and O–H groups in total. The third-order valence-corrected chi connectivity index (χ3v) is 5.16. The van der Waals surface area contributed by atoms with Gasteiger partial charge in [-0.2, -0.15) is 0 Å². The van der Waals surface area contributed by atoms with Crippen molar-refractivity contribution >= 4 is 17.7 Å². The fourth-order valence-corrected chi connectivity index (χ4v) is 3.71. The summed E-state index contributed by atoms with van der Waals surface area (Å²) in [6, 6.07) is 2.24. The minimum Gasteiger partial charge on any atom is -0.468 e. The molecule has 0 spiro atoms. The van der Waals surface area contributed by atoms with Gasteiger partial charge in [0.15, 0.2) is 0 Å². The second-order valence-corrected chi connectivity index (χ2v) is 6.46. The zero-order valence-electron chi connectivity index (χ0n) is 11.7. The van der Waals surface area contributed by atoms with Crippen molar-refractivity contribution in [1.29, 1.82) is 0 Å². The Morgan fingerprint density at radius 2 is 2.30 bits per heavy atom. The number of nitrogens with zero attached hydrogens (tertiary/aromatic N) is 1. The second kappa shape index (κ2) is 6.06. The summed E-state index contributed by atoms with van der Waals surface area (Å²) in [7, 11) is 0. The van der Waals surface area contributed by atoms with E-state index in [1.165, 1.54) is 37.7 Å². The van der Waals surface area contributed by atoms with Crippen LogP contribution in [0.1, 0.15) is 18.6 Å². The lowest BCUT2D eigenvalue weighted by molar-refractivity contribution is -0.118. The number of carbonyl (C=O) groups excluding carboxylic acids is 1. The summed E-state index contributed by atoms with van der Waals surface area (Å²) in [6.07, 6.45) is 5.72. The summed E-state index contributed by atoms with van der Waals surface area (Å²) in [6.45, 7) is 5.33. The molecule has 4 heterocycles. The van der Waals surface area contributed by atoms with Crippen molar-refractivity contribution in [3.05, 3.63) is 29.6 Å². The normalized spacial score (nSPS) is 28.9. The molecule has 1 aromatic heterocycles. The van der Waals surface area contributed by atoms with E-state index in [2.05, 4.69) is 10.2 Å². The molecule has 3 saturated heterocycles. The van der Waals surface area contributed by atoms with Crippen LogP contribution in [0, 0.1) is 12.8 Å². The maximum Gasteiger partial charge on any atom is 0.244 e. The Labute approximate surface area is 123 Å². The van der Waals surface area contributed by atoms with Gasteiger partial charge in [0.2, 0.25) is 5.91 Å². The van der Waals surface area contributed by atoms with Gasteiger partial charge in [-0.05, 0) is 50.2 Å². The zero-order chi connectivity index (χ0) is 13.9. The van der Waals surface area contributed by atoms with Crippen molar-refractivity contribution in [3.8, 4) is 0 Å². The molecule has 108 valence electrons. The van der Waals surface area contributed by atoms with Crippen LogP contribution in [0.5, 0.6) is 0 Å². The van der Waals surface area contributed by atoms with E-state index in [1.54, 1.807) is 12.3 Å². The highest BCUT2D eigenvalue weighted by Gasteiger charge is 2.34. The van der Waals surface area contributed by atoms with E-state index < -0.39 is 0 Å². The Kier molecular flexibility index (Phi) is 4.17. The highest BCUT2D eigenvalue weighted by atomic mass is 32.2. The molecule has 3 fully saturated rings. The number of thioether (sulfide) groups is 1. The molecule has 0 radical (unpaired) electrons. The third-order valence-electron chi connectivity index (χ3n) is 4.21. The Bertz CT molecular complexity index is 504. The smallest absolute Gasteiger partial charge is 0.244 e. The molecular weight excluding hydrogens is 272 g/mol. The summed E-state index contributed by atoms with van der Waals surface area (Å²) in [5.74, 6) is 1.57. The monoisotopic (exact) mass is 292 g/mol. The van der Waals surface area contributed by atoms with Crippen molar-refractivity contribution in [3.63, 3.8) is 0 Å². The van der Waals surface area contributed by atoms with Crippen molar-refractivity contribution in [1.82, 2.24) is 10.2 Å². The van der Waals surface area contributed by atoms with Gasteiger partial charge in [0.25, 0.3) is 0 Å². The van der Waals surface area contributed by atoms with Crippen molar-refractivity contribution < 1.29 is 9.21 Å². The molecule has 1 aromatic rings. The number of carbonyl (C=O) groups is 1. The topological polar surface area (TPSA) is 45.5 Å². The lowest BCUT2D eigenvalue weighted by Crippen LogP contribution is -2.57. The van der Waals surface area contributed by atoms with Crippen LogP contribution in [0.4, 0.5) is 0 Å². The minimum absolute atomic E-state index is 0.0115. The molecule has 5 heteroatoms. The largest absolute Gasteiger partial charge is 0.468 e. The SMILES string of the molecule is Cc1occc1S/C=C\C(=O)NC1CN2CCC1CC2. The van der Waals surface area contributed by atoms with Gasteiger partial charge in [-0.3, -0.25) is 4.79 Å². The molecule has 4 rings (SSSR count). The Hall–Kier alpha value is -1.20. The molecule has 3 aliphatic rings. The predicted octanol–water partition coefficient (Wildman–Crippen LogP) is 2.40. The quantitative estimate of drug-likeness (QED) is 0.684. The van der Waals surface area contributed by atoms with Gasteiger partial charge in [0.05, 0.1) is 11.2 Å². The lowest BCUT2D eigenvalue weighted by atomic mass is 9.84. The summed E-state index contributed by atoms with van der Waals surface area (Å²) in [4.78, 5) is 15.4. The van der Waals surface area contributed by atoms with Crippen LogP contribution >= 0.6 is 11.8 Å². The highest BCUT2D eigenvalue weighted by Crippen LogP contribution is 2.27. The average molecular weight is 292 g/mol. The molecule has 0 aromatic carbocycles. The fourth-order valence-electron chi connectivity index (χ4n) is 3.02. The summed E-state index contributed by atoms with van der Waals surface area (Å²) < 4.78 is 5.22. The molecule has 1 atom stereocenters. The number of aryl methyl sites for hydroxylation is 1. The van der Waals surface area contributed by atoms with Crippen LogP contribution < -0.4 is 5.32 Å². The molecule has 4 nitrogen and oxygen atoms in total. The number of amides is 1. The zero-order valence-corrected chi connectivity index (χ0v) is 12.5. The van der Waals surface area contributed by atoms with Gasteiger partial charge in [0.1, 0.15) is 5.76 Å². The standard InChI is InChI=1S/C15H20N2O2S/c1-11-14(4-8-19-11)20-9-5-15(18)16-13-10-17-6-2-12(13)3-7-17/h4-5,8-9,12-13H,2-3,6-7,10H2,1H3,(H,16,18)/b9-5-. The second-order valence-electron chi connectivity index (χ2n) is 5.51. The van der Waals surface area contributed by atoms with E-state index >= 15 is 0 Å². The maximum atomic E-state index is 11.9. The van der Waals surface area contributed by atoms with Gasteiger partial charge in [0, 0.05) is 18.7 Å². The summed E-state index contributed by atoms with van der Waals surface area (Å²) in [5, 5.41) is 4.97. The number of nitrogens with one attached hydrogen (secondary N) is 1. The molecule has 3 aliphatic heterocycles. The Balaban J connectivity index is 1.49. The van der Waals surface area contributed by atoms with Crippen LogP contribution in [0.3, 0.4) is 0 Å². The van der Waals surface area contributed by atoms with Crippen molar-refractivity contribution in [2.45, 2.75) is 30.7 Å². The maximum absolute atomic E-state index is 11.9. The van der Waals surface area contributed by atoms with Crippen LogP contribution in [0.15, 0.2) is 33.1 Å². The molecule has 20 heavy (non-hydrogen) atoms. The van der Waals surface area contributed by atoms with Gasteiger partial charge in [-0.1, -0.05) is 11.8 Å². The number of piperidine rings is 3. The van der Waals surface area contributed by atoms with Crippen molar-refractivity contribution in [2.75, 3.05) is 19.6 Å². The first kappa shape index (κ1) is 13.8. The molecule has 0 aliphatic carbocycles. The van der Waals surface area contributed by atoms with E-state index in [-0.39, 0.29) is 5.91 Å². The van der Waals surface area contributed by atoms with Gasteiger partial charge < -0.3 is 14.6 Å². The van der Waals surface area contributed by atoms with Crippen LogP contribution in [0.2, 0.25) is 0 Å². The fraction of sp³-hybridized carbons (Fsp3) is 0.533. The first-order valence-corrected chi connectivity index (χ1v) is 8.00. The van der Waals surface area contributed by atoms with E-state index in [4.69, 9.17) is 4.42 Å². The van der Waals surface area contributed by atoms with Crippen molar-refractivity contribution in [2.24, 2.45) is 5.92 Å². The van der Waals surface area contributed by atoms with Crippen LogP contribution in [0.25, 0.3) is 0 Å². The van der Waals surface area contributed by atoms with Crippen LogP contribution in [-0.4, -0.2) is 36.5 Å². The van der Waals surface area contributed by atoms with Gasteiger partial charge in [-0.25, -0.2) is 0 Å². The molecular formula is C15H20N2O2S. The third kappa shape index (κ3) is 3.10. The average Bonchev–Trinajstić information content (AvgIpc) is 2.86. The Morgan fingerprint density at radius 3 is 2.90 bits per heavy atom. The summed E-state index contributed by atoms with van der Waals surface area (Å²) in [5.41, 5.74) is 0. The first-order chi connectivity index (χ1) is 9.72. The van der Waals surface area contributed by atoms with E-state index in [0.29, 0.717) is 12.0 Å². The first-order valence-electron chi connectivity index (χ1n) is 7.12. The number of furan rings is 1. The van der Waals surface area contributed by atoms with E-state index in [1.807, 2.05) is 18.4 Å². The molecule has 1 unspecified atom stereocenters.